The van der Waals surface area contributed by atoms with Crippen LogP contribution >= 0.6 is 0 Å². The van der Waals surface area contributed by atoms with Crippen molar-refractivity contribution in [2.75, 3.05) is 0 Å². The van der Waals surface area contributed by atoms with Crippen molar-refractivity contribution in [2.45, 2.75) is 13.6 Å². The Balaban J connectivity index is 2.77. The quantitative estimate of drug-likeness (QED) is 0.373. The molecule has 0 aliphatic rings. The summed E-state index contributed by atoms with van der Waals surface area (Å²) in [6.45, 7) is 5.09. The van der Waals surface area contributed by atoms with Crippen LogP contribution in [-0.4, -0.2) is 6.71 Å². The van der Waals surface area contributed by atoms with E-state index in [1.54, 1.807) is 0 Å². The normalized spacial score (nSPS) is 9.25. The third-order valence-corrected chi connectivity index (χ3v) is 1.36. The van der Waals surface area contributed by atoms with Gasteiger partial charge in [-0.05, 0) is 0 Å². The Hall–Kier alpha value is -0.585. The molecule has 8 heavy (non-hydrogen) atoms. The van der Waals surface area contributed by atoms with Gasteiger partial charge in [0.2, 0.25) is 0 Å². The van der Waals surface area contributed by atoms with Gasteiger partial charge in [-0.15, -0.1) is 0 Å². The van der Waals surface area contributed by atoms with E-state index in [4.69, 9.17) is 0 Å². The first-order valence-corrected chi connectivity index (χ1v) is 3.02. The summed E-state index contributed by atoms with van der Waals surface area (Å²) in [4.78, 5) is 0. The van der Waals surface area contributed by atoms with Crippen LogP contribution in [0.25, 0.3) is 0 Å². The molecule has 42 valence electrons. The number of hydrogen-bond acceptors (Lipinski definition) is 0. The summed E-state index contributed by atoms with van der Waals surface area (Å²) in [5.74, 6) is 0. The van der Waals surface area contributed by atoms with E-state index in [-0.39, 0.29) is 0 Å². The fourth-order valence-electron chi connectivity index (χ4n) is 0.774. The third kappa shape index (κ3) is 0.973. The predicted octanol–water partition coefficient (Wildman–Crippen LogP) is 1.37. The minimum Gasteiger partial charge on any atom is -0.222 e. The van der Waals surface area contributed by atoms with Crippen LogP contribution < -0.4 is 5.46 Å². The molecule has 0 nitrogen and oxygen atoms in total. The lowest BCUT2D eigenvalue weighted by Crippen LogP contribution is -2.19. The van der Waals surface area contributed by atoms with E-state index >= 15 is 0 Å². The van der Waals surface area contributed by atoms with E-state index in [9.17, 15) is 0 Å². The SMILES string of the molecule is CB(C)c1cc[cH-]c1. The average Bonchev–Trinajstić information content (AvgIpc) is 2.12. The van der Waals surface area contributed by atoms with Crippen LogP contribution in [0.5, 0.6) is 0 Å². The molecule has 0 aliphatic carbocycles. The Bertz CT molecular complexity index is 139. The maximum absolute atomic E-state index is 2.20. The van der Waals surface area contributed by atoms with E-state index in [2.05, 4.69) is 37.9 Å². The molecule has 0 atom stereocenters. The highest BCUT2D eigenvalue weighted by Crippen LogP contribution is 1.86. The average molecular weight is 105 g/mol. The predicted molar refractivity (Wildman–Crippen MR) is 39.2 cm³/mol. The molecule has 1 aromatic rings. The summed E-state index contributed by atoms with van der Waals surface area (Å²) in [6.07, 6.45) is 0. The number of rotatable bonds is 1. The van der Waals surface area contributed by atoms with Gasteiger partial charge in [0.15, 0.2) is 0 Å². The van der Waals surface area contributed by atoms with E-state index in [1.165, 1.54) is 5.46 Å². The molecular weight excluding hydrogens is 94.9 g/mol. The second-order valence-corrected chi connectivity index (χ2v) is 2.37. The van der Waals surface area contributed by atoms with Crippen molar-refractivity contribution in [1.82, 2.24) is 0 Å². The van der Waals surface area contributed by atoms with Gasteiger partial charge in [-0.3, -0.25) is 0 Å². The zero-order valence-electron chi connectivity index (χ0n) is 5.39. The molecule has 0 amide bonds. The third-order valence-electron chi connectivity index (χ3n) is 1.36. The molecule has 0 saturated carbocycles. The first kappa shape index (κ1) is 5.55. The first-order chi connectivity index (χ1) is 3.80. The molecule has 0 aliphatic heterocycles. The molecule has 0 bridgehead atoms. The van der Waals surface area contributed by atoms with Crippen LogP contribution in [0.4, 0.5) is 0 Å². The van der Waals surface area contributed by atoms with Gasteiger partial charge < -0.3 is 0 Å². The van der Waals surface area contributed by atoms with Gasteiger partial charge in [-0.1, -0.05) is 13.6 Å². The zero-order valence-corrected chi connectivity index (χ0v) is 5.39. The molecule has 0 saturated heterocycles. The molecule has 0 aromatic heterocycles. The molecule has 0 heterocycles. The molecule has 0 unspecified atom stereocenters. The van der Waals surface area contributed by atoms with Gasteiger partial charge in [0.1, 0.15) is 0 Å². The minimum absolute atomic E-state index is 0.685. The highest BCUT2D eigenvalue weighted by Gasteiger charge is 1.89. The lowest BCUT2D eigenvalue weighted by Gasteiger charge is -2.02. The van der Waals surface area contributed by atoms with Gasteiger partial charge in [-0.2, -0.15) is 18.2 Å². The van der Waals surface area contributed by atoms with Crippen LogP contribution in [0.3, 0.4) is 0 Å². The standard InChI is InChI=1S/C7H10B/c1-8(2)7-5-3-4-6-7/h3-6H,1-2H3/q-1. The highest BCUT2D eigenvalue weighted by molar-refractivity contribution is 6.70. The van der Waals surface area contributed by atoms with Crippen LogP contribution in [0.15, 0.2) is 24.3 Å². The lowest BCUT2D eigenvalue weighted by atomic mass is 9.50. The Morgan fingerprint density at radius 1 is 1.50 bits per heavy atom. The largest absolute Gasteiger partial charge is 0.222 e. The van der Waals surface area contributed by atoms with Gasteiger partial charge >= 0.3 is 0 Å². The Morgan fingerprint density at radius 3 is 2.50 bits per heavy atom. The van der Waals surface area contributed by atoms with Gasteiger partial charge in [-0.25, -0.2) is 11.5 Å². The topological polar surface area (TPSA) is 0 Å². The van der Waals surface area contributed by atoms with Crippen molar-refractivity contribution >= 4 is 12.2 Å². The fourth-order valence-corrected chi connectivity index (χ4v) is 0.774. The maximum Gasteiger partial charge on any atom is 0.0843 e. The molecule has 1 aromatic carbocycles. The van der Waals surface area contributed by atoms with Crippen LogP contribution in [0, 0.1) is 0 Å². The monoisotopic (exact) mass is 105 g/mol. The highest BCUT2D eigenvalue weighted by atomic mass is 13.8. The molecule has 0 spiro atoms. The first-order valence-electron chi connectivity index (χ1n) is 3.02. The van der Waals surface area contributed by atoms with Gasteiger partial charge in [0.05, 0.1) is 6.71 Å². The second kappa shape index (κ2) is 2.12. The zero-order chi connectivity index (χ0) is 5.98. The summed E-state index contributed by atoms with van der Waals surface area (Å²) in [6, 6.07) is 8.47. The summed E-state index contributed by atoms with van der Waals surface area (Å²) < 4.78 is 0. The molecule has 1 rings (SSSR count). The summed E-state index contributed by atoms with van der Waals surface area (Å²) in [5, 5.41) is 0. The van der Waals surface area contributed by atoms with Crippen LogP contribution in [-0.2, 0) is 0 Å². The van der Waals surface area contributed by atoms with Crippen molar-refractivity contribution in [2.24, 2.45) is 0 Å². The molecular formula is C7H10B-. The van der Waals surface area contributed by atoms with E-state index in [0.29, 0.717) is 6.71 Å². The number of hydrogen-bond donors (Lipinski definition) is 0. The van der Waals surface area contributed by atoms with Gasteiger partial charge in [0.25, 0.3) is 0 Å². The van der Waals surface area contributed by atoms with Crippen molar-refractivity contribution in [3.63, 3.8) is 0 Å². The van der Waals surface area contributed by atoms with E-state index < -0.39 is 0 Å². The Labute approximate surface area is 51.0 Å². The van der Waals surface area contributed by atoms with Crippen LogP contribution in [0.1, 0.15) is 0 Å². The molecule has 0 fully saturated rings. The molecule has 0 N–H and O–H groups in total. The molecule has 0 radical (unpaired) electrons. The molecule has 1 heteroatoms. The summed E-state index contributed by atoms with van der Waals surface area (Å²) in [7, 11) is 0. The van der Waals surface area contributed by atoms with Crippen molar-refractivity contribution in [3.05, 3.63) is 24.3 Å². The van der Waals surface area contributed by atoms with Gasteiger partial charge in [0, 0.05) is 0 Å². The summed E-state index contributed by atoms with van der Waals surface area (Å²) in [5.41, 5.74) is 1.44. The van der Waals surface area contributed by atoms with E-state index in [0.717, 1.165) is 0 Å². The van der Waals surface area contributed by atoms with Crippen molar-refractivity contribution in [1.29, 1.82) is 0 Å². The summed E-state index contributed by atoms with van der Waals surface area (Å²) >= 11 is 0. The van der Waals surface area contributed by atoms with Crippen molar-refractivity contribution < 1.29 is 0 Å². The Morgan fingerprint density at radius 2 is 2.25 bits per heavy atom. The minimum atomic E-state index is 0.685. The van der Waals surface area contributed by atoms with Crippen molar-refractivity contribution in [3.8, 4) is 0 Å². The smallest absolute Gasteiger partial charge is 0.0843 e. The maximum atomic E-state index is 2.20. The van der Waals surface area contributed by atoms with Crippen LogP contribution in [0.2, 0.25) is 13.6 Å². The lowest BCUT2D eigenvalue weighted by molar-refractivity contribution is 1.95. The second-order valence-electron chi connectivity index (χ2n) is 2.37. The van der Waals surface area contributed by atoms with E-state index in [1.807, 2.05) is 0 Å². The fraction of sp³-hybridized carbons (Fsp3) is 0.286. The Kier molecular flexibility index (Phi) is 1.47.